The van der Waals surface area contributed by atoms with E-state index in [9.17, 15) is 15.0 Å². The molecule has 2 saturated heterocycles. The first-order valence-electron chi connectivity index (χ1n) is 23.7. The van der Waals surface area contributed by atoms with Gasteiger partial charge in [-0.1, -0.05) is 36.3 Å². The first kappa shape index (κ1) is 49.4. The third-order valence-corrected chi connectivity index (χ3v) is 14.1. The number of hydrogen-bond acceptors (Lipinski definition) is 13. The maximum absolute atomic E-state index is 12.5. The number of nitrogens with two attached hydrogens (primary N) is 1. The lowest BCUT2D eigenvalue weighted by Gasteiger charge is -2.47. The Balaban J connectivity index is 1.45. The van der Waals surface area contributed by atoms with Crippen molar-refractivity contribution in [2.75, 3.05) is 13.7 Å². The number of fused-ring (bicyclic) bond motifs is 4. The summed E-state index contributed by atoms with van der Waals surface area (Å²) in [4.78, 5) is 21.9. The van der Waals surface area contributed by atoms with E-state index in [4.69, 9.17) is 43.9 Å². The number of nitrogens with one attached hydrogen (secondary N) is 1. The number of aliphatic hydroxyl groups excluding tert-OH is 1. The fourth-order valence-electron chi connectivity index (χ4n) is 11.0. The van der Waals surface area contributed by atoms with Gasteiger partial charge in [0.05, 0.1) is 54.6 Å². The second-order valence-corrected chi connectivity index (χ2v) is 20.9. The number of ether oxygens (including phenoxy) is 7. The molecule has 3 fully saturated rings. The van der Waals surface area contributed by atoms with Gasteiger partial charge < -0.3 is 54.4 Å². The zero-order chi connectivity index (χ0) is 48.0. The zero-order valence-electron chi connectivity index (χ0n) is 41.3. The molecule has 0 amide bonds. The van der Waals surface area contributed by atoms with Crippen LogP contribution in [0.2, 0.25) is 0 Å². The van der Waals surface area contributed by atoms with Gasteiger partial charge >= 0.3 is 5.97 Å². The quantitative estimate of drug-likeness (QED) is 0.0521. The normalized spacial score (nSPS) is 32.4. The minimum absolute atomic E-state index is 0.0149. The number of hydrogen-bond donors (Lipinski definition) is 4. The lowest BCUT2D eigenvalue weighted by molar-refractivity contribution is -0.352. The van der Waals surface area contributed by atoms with Crippen molar-refractivity contribution in [1.29, 1.82) is 0 Å². The summed E-state index contributed by atoms with van der Waals surface area (Å²) in [5, 5.41) is 27.6. The fourth-order valence-corrected chi connectivity index (χ4v) is 11.0. The third kappa shape index (κ3) is 10.2. The number of methoxy groups -OCH3 is 1. The summed E-state index contributed by atoms with van der Waals surface area (Å²) in [6.45, 7) is 24.2. The number of allylic oxidation sites excluding steroid dienone is 5. The number of rotatable bonds is 12. The lowest BCUT2D eigenvalue weighted by Crippen LogP contribution is -2.58. The summed E-state index contributed by atoms with van der Waals surface area (Å²) in [7, 11) is 1.38. The molecule has 11 atom stereocenters. The molecule has 1 saturated carbocycles. The minimum atomic E-state index is -1.13. The number of aliphatic hydroxyl groups is 2. The Morgan fingerprint density at radius 2 is 1.79 bits per heavy atom. The molecule has 1 aliphatic carbocycles. The van der Waals surface area contributed by atoms with E-state index < -0.39 is 53.7 Å². The van der Waals surface area contributed by atoms with Crippen LogP contribution in [0.1, 0.15) is 132 Å². The van der Waals surface area contributed by atoms with Crippen LogP contribution in [-0.4, -0.2) is 95.9 Å². The van der Waals surface area contributed by atoms with E-state index in [2.05, 4.69) is 76.2 Å². The number of guanidine groups is 1. The van der Waals surface area contributed by atoms with E-state index in [1.165, 1.54) is 19.0 Å². The van der Waals surface area contributed by atoms with Gasteiger partial charge in [-0.05, 0) is 138 Å². The molecular weight excluding hydrogens is 841 g/mol. The minimum Gasteiger partial charge on any atom is -0.484 e. The summed E-state index contributed by atoms with van der Waals surface area (Å²) >= 11 is 0. The average molecular weight is 915 g/mol. The van der Waals surface area contributed by atoms with Crippen molar-refractivity contribution in [2.24, 2.45) is 39.4 Å². The van der Waals surface area contributed by atoms with Crippen molar-refractivity contribution in [1.82, 2.24) is 5.32 Å². The Kier molecular flexibility index (Phi) is 14.4. The van der Waals surface area contributed by atoms with Gasteiger partial charge in [0.15, 0.2) is 5.79 Å². The Labute approximate surface area is 391 Å². The SMILES string of the molecule is COC(=O)C(C)=CCC1CC(C)C(C2Oc3c(CC=C(C)C)c4c(c(OC5OC6COC(C)(C)OC6CC5O)c3C3=C2C(C)N=C(N=CN)N3)C=CC(C)(CCC=C(C)C)O4)C1C(C)(C)O. The van der Waals surface area contributed by atoms with Crippen LogP contribution in [0.3, 0.4) is 0 Å². The Hall–Kier alpha value is -4.47. The van der Waals surface area contributed by atoms with Crippen molar-refractivity contribution in [2.45, 2.75) is 175 Å². The highest BCUT2D eigenvalue weighted by Gasteiger charge is 2.55. The summed E-state index contributed by atoms with van der Waals surface area (Å²) < 4.78 is 45.8. The van der Waals surface area contributed by atoms with Crippen LogP contribution in [0, 0.1) is 23.7 Å². The van der Waals surface area contributed by atoms with Gasteiger partial charge in [-0.25, -0.2) is 14.8 Å². The lowest BCUT2D eigenvalue weighted by atomic mass is 9.70. The molecule has 5 heterocycles. The largest absolute Gasteiger partial charge is 0.484 e. The van der Waals surface area contributed by atoms with E-state index in [1.54, 1.807) is 6.92 Å². The topological polar surface area (TPSA) is 185 Å². The van der Waals surface area contributed by atoms with Gasteiger partial charge in [0.1, 0.15) is 41.2 Å². The molecule has 11 unspecified atom stereocenters. The fraction of sp³-hybridized carbons (Fsp3) is 0.635. The summed E-state index contributed by atoms with van der Waals surface area (Å²) in [5.41, 5.74) is 10.7. The molecule has 0 radical (unpaired) electrons. The molecule has 0 spiro atoms. The van der Waals surface area contributed by atoms with Crippen LogP contribution >= 0.6 is 0 Å². The highest BCUT2D eigenvalue weighted by molar-refractivity contribution is 6.00. The first-order valence-corrected chi connectivity index (χ1v) is 23.7. The molecule has 0 bridgehead atoms. The highest BCUT2D eigenvalue weighted by Crippen LogP contribution is 2.59. The van der Waals surface area contributed by atoms with Gasteiger partial charge in [-0.15, -0.1) is 0 Å². The summed E-state index contributed by atoms with van der Waals surface area (Å²) in [6.07, 6.45) is 11.7. The molecule has 5 aliphatic heterocycles. The van der Waals surface area contributed by atoms with Crippen molar-refractivity contribution in [3.8, 4) is 17.2 Å². The van der Waals surface area contributed by atoms with Crippen LogP contribution < -0.4 is 25.3 Å². The molecule has 14 heteroatoms. The van der Waals surface area contributed by atoms with E-state index in [1.807, 2.05) is 40.7 Å². The highest BCUT2D eigenvalue weighted by atomic mass is 16.8. The van der Waals surface area contributed by atoms with E-state index in [0.29, 0.717) is 58.4 Å². The average Bonchev–Trinajstić information content (AvgIpc) is 3.57. The molecule has 1 aromatic rings. The zero-order valence-corrected chi connectivity index (χ0v) is 41.3. The van der Waals surface area contributed by atoms with Crippen LogP contribution in [0.25, 0.3) is 11.8 Å². The number of aliphatic imine (C=N–C) groups is 2. The Bertz CT molecular complexity index is 2240. The predicted octanol–water partition coefficient (Wildman–Crippen LogP) is 8.09. The smallest absolute Gasteiger partial charge is 0.333 e. The number of nitrogens with zero attached hydrogens (tertiary/aromatic N) is 2. The van der Waals surface area contributed by atoms with Gasteiger partial charge in [0.25, 0.3) is 0 Å². The monoisotopic (exact) mass is 915 g/mol. The molecular formula is C52H74N4O10. The standard InChI is InChI=1S/C52H74N4O10/c1-27(2)15-14-21-52(12)22-20-34-43(66-52)33(19-16-28(3)4)44-40(45(34)64-48-35(57)24-36-37(62-48)25-61-51(10,11)65-36)42-39(31(7)55-49(56-42)54-26-53)46(63-44)38-30(6)23-32(41(38)50(8,9)59)18-17-29(5)47(58)60-13/h15-17,20,22,26,30-32,35-38,41,46,48,57,59H,14,18-19,21,23-25H2,1-13H3,(H3,53,54,55,56). The number of benzene rings is 1. The van der Waals surface area contributed by atoms with Crippen molar-refractivity contribution < 1.29 is 48.2 Å². The third-order valence-electron chi connectivity index (χ3n) is 14.1. The summed E-state index contributed by atoms with van der Waals surface area (Å²) in [6, 6.07) is -0.444. The molecule has 14 nitrogen and oxygen atoms in total. The van der Waals surface area contributed by atoms with Gasteiger partial charge in [-0.2, -0.15) is 0 Å². The first-order chi connectivity index (χ1) is 31.0. The maximum Gasteiger partial charge on any atom is 0.333 e. The van der Waals surface area contributed by atoms with Crippen molar-refractivity contribution >= 4 is 30.0 Å². The van der Waals surface area contributed by atoms with Crippen molar-refractivity contribution in [3.63, 3.8) is 0 Å². The van der Waals surface area contributed by atoms with E-state index >= 15 is 0 Å². The van der Waals surface area contributed by atoms with Crippen molar-refractivity contribution in [3.05, 3.63) is 63.3 Å². The molecule has 5 N–H and O–H groups in total. The maximum atomic E-state index is 12.5. The second-order valence-electron chi connectivity index (χ2n) is 20.9. The van der Waals surface area contributed by atoms with Gasteiger partial charge in [-0.3, -0.25) is 0 Å². The van der Waals surface area contributed by atoms with E-state index in [-0.39, 0.29) is 42.7 Å². The van der Waals surface area contributed by atoms with Gasteiger partial charge in [0, 0.05) is 29.0 Å². The molecule has 7 rings (SSSR count). The predicted molar refractivity (Wildman–Crippen MR) is 256 cm³/mol. The number of carbonyl (C=O) groups excluding carboxylic acids is 1. The van der Waals surface area contributed by atoms with Crippen LogP contribution in [0.15, 0.2) is 56.6 Å². The van der Waals surface area contributed by atoms with Crippen LogP contribution in [-0.2, 0) is 30.2 Å². The molecule has 0 aromatic heterocycles. The van der Waals surface area contributed by atoms with E-state index in [0.717, 1.165) is 36.0 Å². The second kappa shape index (κ2) is 19.3. The molecule has 362 valence electrons. The Morgan fingerprint density at radius 3 is 2.45 bits per heavy atom. The number of esters is 1. The molecule has 6 aliphatic rings. The molecule has 66 heavy (non-hydrogen) atoms. The summed E-state index contributed by atoms with van der Waals surface area (Å²) in [5.74, 6) is 0.348. The molecule has 1 aromatic carbocycles. The Morgan fingerprint density at radius 1 is 1.06 bits per heavy atom. The van der Waals surface area contributed by atoms with Crippen LogP contribution in [0.4, 0.5) is 0 Å². The van der Waals surface area contributed by atoms with Gasteiger partial charge in [0.2, 0.25) is 12.2 Å². The van der Waals surface area contributed by atoms with Crippen LogP contribution in [0.5, 0.6) is 17.2 Å². The number of carbonyl (C=O) groups is 1.